The highest BCUT2D eigenvalue weighted by Crippen LogP contribution is 2.22. The van der Waals surface area contributed by atoms with Gasteiger partial charge in [0, 0.05) is 12.1 Å². The summed E-state index contributed by atoms with van der Waals surface area (Å²) < 4.78 is 11.4. The van der Waals surface area contributed by atoms with Crippen molar-refractivity contribution in [1.29, 1.82) is 0 Å². The van der Waals surface area contributed by atoms with Crippen molar-refractivity contribution in [2.24, 2.45) is 0 Å². The van der Waals surface area contributed by atoms with Crippen LogP contribution in [0.15, 0.2) is 65.1 Å². The molecular weight excluding hydrogens is 434 g/mol. The van der Waals surface area contributed by atoms with Gasteiger partial charge >= 0.3 is 0 Å². The quantitative estimate of drug-likeness (QED) is 0.384. The summed E-state index contributed by atoms with van der Waals surface area (Å²) in [6.45, 7) is 5.94. The second-order valence-electron chi connectivity index (χ2n) is 7.94. The van der Waals surface area contributed by atoms with E-state index in [9.17, 15) is 4.79 Å². The third kappa shape index (κ3) is 5.75. The summed E-state index contributed by atoms with van der Waals surface area (Å²) in [5.41, 5.74) is 6.86. The Bertz CT molecular complexity index is 1270. The van der Waals surface area contributed by atoms with E-state index in [1.165, 1.54) is 11.1 Å². The van der Waals surface area contributed by atoms with Gasteiger partial charge in [-0.25, -0.2) is 4.98 Å². The molecule has 7 heteroatoms. The van der Waals surface area contributed by atoms with E-state index in [1.807, 2.05) is 67.6 Å². The van der Waals surface area contributed by atoms with Crippen LogP contribution in [-0.2, 0) is 11.2 Å². The van der Waals surface area contributed by atoms with Crippen LogP contribution in [-0.4, -0.2) is 22.6 Å². The van der Waals surface area contributed by atoms with E-state index in [1.54, 1.807) is 0 Å². The van der Waals surface area contributed by atoms with Crippen molar-refractivity contribution in [3.8, 4) is 5.75 Å². The number of para-hydroxylation sites is 1. The first-order chi connectivity index (χ1) is 15.9. The Labute approximate surface area is 198 Å². The van der Waals surface area contributed by atoms with E-state index in [0.29, 0.717) is 18.1 Å². The molecule has 0 saturated carbocycles. The number of benzene rings is 3. The molecule has 4 aromatic rings. The molecule has 6 nitrogen and oxygen atoms in total. The molecule has 0 radical (unpaired) electrons. The molecule has 1 heterocycles. The number of hydrogen-bond acceptors (Lipinski definition) is 5. The average Bonchev–Trinajstić information content (AvgIpc) is 3.15. The molecule has 0 saturated heterocycles. The molecule has 1 aromatic heterocycles. The molecule has 0 atom stereocenters. The SMILES string of the molecule is Cc1cc2nc(Cc3ccc(NC(=S)NC(=O)COc4ccccc4C)cc3)oc2cc1C. The summed E-state index contributed by atoms with van der Waals surface area (Å²) in [5, 5.41) is 5.85. The van der Waals surface area contributed by atoms with Crippen LogP contribution in [0.3, 0.4) is 0 Å². The molecule has 0 spiro atoms. The number of oxazole rings is 1. The van der Waals surface area contributed by atoms with Crippen LogP contribution in [0.1, 0.15) is 28.1 Å². The van der Waals surface area contributed by atoms with Crippen molar-refractivity contribution in [1.82, 2.24) is 10.3 Å². The summed E-state index contributed by atoms with van der Waals surface area (Å²) in [6.07, 6.45) is 0.588. The van der Waals surface area contributed by atoms with Crippen LogP contribution < -0.4 is 15.4 Å². The lowest BCUT2D eigenvalue weighted by Crippen LogP contribution is -2.37. The smallest absolute Gasteiger partial charge is 0.264 e. The summed E-state index contributed by atoms with van der Waals surface area (Å²) in [4.78, 5) is 16.7. The average molecular weight is 460 g/mol. The number of nitrogens with zero attached hydrogens (tertiary/aromatic N) is 1. The molecule has 4 rings (SSSR count). The van der Waals surface area contributed by atoms with E-state index in [-0.39, 0.29) is 17.6 Å². The highest BCUT2D eigenvalue weighted by molar-refractivity contribution is 7.80. The van der Waals surface area contributed by atoms with E-state index in [4.69, 9.17) is 21.4 Å². The van der Waals surface area contributed by atoms with Crippen LogP contribution in [0, 0.1) is 20.8 Å². The number of fused-ring (bicyclic) bond motifs is 1. The standard InChI is InChI=1S/C26H25N3O3S/c1-16-6-4-5-7-22(16)31-15-24(30)29-26(33)27-20-10-8-19(9-11-20)14-25-28-21-12-17(2)18(3)13-23(21)32-25/h4-13H,14-15H2,1-3H3,(H2,27,29,30,33). The number of hydrogen-bond donors (Lipinski definition) is 2. The van der Waals surface area contributed by atoms with Gasteiger partial charge in [-0.2, -0.15) is 0 Å². The fourth-order valence-electron chi connectivity index (χ4n) is 3.37. The minimum atomic E-state index is -0.325. The molecule has 168 valence electrons. The lowest BCUT2D eigenvalue weighted by Gasteiger charge is -2.11. The maximum Gasteiger partial charge on any atom is 0.264 e. The van der Waals surface area contributed by atoms with Crippen LogP contribution in [0.2, 0.25) is 0 Å². The number of nitrogens with one attached hydrogen (secondary N) is 2. The predicted molar refractivity (Wildman–Crippen MR) is 134 cm³/mol. The Balaban J connectivity index is 1.29. The Morgan fingerprint density at radius 2 is 1.73 bits per heavy atom. The molecule has 0 unspecified atom stereocenters. The number of ether oxygens (including phenoxy) is 1. The van der Waals surface area contributed by atoms with Crippen molar-refractivity contribution < 1.29 is 13.9 Å². The summed E-state index contributed by atoms with van der Waals surface area (Å²) >= 11 is 5.24. The molecule has 33 heavy (non-hydrogen) atoms. The molecule has 3 aromatic carbocycles. The number of thiocarbonyl (C=S) groups is 1. The monoisotopic (exact) mass is 459 g/mol. The van der Waals surface area contributed by atoms with Crippen LogP contribution in [0.4, 0.5) is 5.69 Å². The first-order valence-corrected chi connectivity index (χ1v) is 11.0. The Morgan fingerprint density at radius 3 is 2.48 bits per heavy atom. The predicted octanol–water partition coefficient (Wildman–Crippen LogP) is 5.24. The van der Waals surface area contributed by atoms with E-state index in [0.717, 1.165) is 27.9 Å². The van der Waals surface area contributed by atoms with Gasteiger partial charge in [-0.15, -0.1) is 0 Å². The second kappa shape index (κ2) is 9.83. The summed E-state index contributed by atoms with van der Waals surface area (Å²) in [7, 11) is 0. The first kappa shape index (κ1) is 22.5. The van der Waals surface area contributed by atoms with Gasteiger partial charge in [0.05, 0.1) is 0 Å². The Hall–Kier alpha value is -3.71. The van der Waals surface area contributed by atoms with Crippen LogP contribution >= 0.6 is 12.2 Å². The minimum absolute atomic E-state index is 0.116. The molecule has 0 aliphatic carbocycles. The van der Waals surface area contributed by atoms with Crippen LogP contribution in [0.5, 0.6) is 5.75 Å². The van der Waals surface area contributed by atoms with E-state index < -0.39 is 0 Å². The van der Waals surface area contributed by atoms with Gasteiger partial charge in [0.1, 0.15) is 11.3 Å². The molecule has 0 bridgehead atoms. The number of anilines is 1. The molecule has 0 fully saturated rings. The van der Waals surface area contributed by atoms with Crippen molar-refractivity contribution in [3.63, 3.8) is 0 Å². The Morgan fingerprint density at radius 1 is 1.00 bits per heavy atom. The first-order valence-electron chi connectivity index (χ1n) is 10.6. The van der Waals surface area contributed by atoms with Gasteiger partial charge in [-0.05, 0) is 85.6 Å². The molecular formula is C26H25N3O3S. The normalized spacial score (nSPS) is 10.8. The lowest BCUT2D eigenvalue weighted by atomic mass is 10.1. The van der Waals surface area contributed by atoms with Crippen LogP contribution in [0.25, 0.3) is 11.1 Å². The van der Waals surface area contributed by atoms with Gasteiger partial charge in [-0.3, -0.25) is 10.1 Å². The third-order valence-electron chi connectivity index (χ3n) is 5.32. The zero-order valence-electron chi connectivity index (χ0n) is 18.8. The van der Waals surface area contributed by atoms with E-state index in [2.05, 4.69) is 29.5 Å². The third-order valence-corrected chi connectivity index (χ3v) is 5.52. The van der Waals surface area contributed by atoms with Gasteiger partial charge in [0.2, 0.25) is 0 Å². The summed E-state index contributed by atoms with van der Waals surface area (Å²) in [6, 6.07) is 19.3. The summed E-state index contributed by atoms with van der Waals surface area (Å²) in [5.74, 6) is 1.02. The molecule has 2 N–H and O–H groups in total. The number of rotatable bonds is 6. The Kier molecular flexibility index (Phi) is 6.70. The number of aryl methyl sites for hydroxylation is 3. The molecule has 0 aliphatic rings. The fraction of sp³-hybridized carbons (Fsp3) is 0.192. The van der Waals surface area contributed by atoms with Gasteiger partial charge < -0.3 is 14.5 Å². The highest BCUT2D eigenvalue weighted by Gasteiger charge is 2.10. The molecule has 1 amide bonds. The number of aromatic nitrogens is 1. The minimum Gasteiger partial charge on any atom is -0.483 e. The highest BCUT2D eigenvalue weighted by atomic mass is 32.1. The number of carbonyl (C=O) groups excluding carboxylic acids is 1. The zero-order valence-corrected chi connectivity index (χ0v) is 19.6. The van der Waals surface area contributed by atoms with Crippen molar-refractivity contribution in [2.45, 2.75) is 27.2 Å². The van der Waals surface area contributed by atoms with Crippen molar-refractivity contribution in [3.05, 3.63) is 88.8 Å². The second-order valence-corrected chi connectivity index (χ2v) is 8.35. The van der Waals surface area contributed by atoms with Crippen molar-refractivity contribution >= 4 is 40.0 Å². The van der Waals surface area contributed by atoms with E-state index >= 15 is 0 Å². The fourth-order valence-corrected chi connectivity index (χ4v) is 3.60. The topological polar surface area (TPSA) is 76.4 Å². The number of carbonyl (C=O) groups is 1. The maximum absolute atomic E-state index is 12.1. The largest absolute Gasteiger partial charge is 0.483 e. The van der Waals surface area contributed by atoms with Crippen molar-refractivity contribution in [2.75, 3.05) is 11.9 Å². The number of amides is 1. The zero-order chi connectivity index (χ0) is 23.4. The lowest BCUT2D eigenvalue weighted by molar-refractivity contribution is -0.121. The van der Waals surface area contributed by atoms with Gasteiger partial charge in [-0.1, -0.05) is 30.3 Å². The van der Waals surface area contributed by atoms with Gasteiger partial charge in [0.25, 0.3) is 5.91 Å². The van der Waals surface area contributed by atoms with Gasteiger partial charge in [0.15, 0.2) is 23.2 Å². The molecule has 0 aliphatic heterocycles. The maximum atomic E-state index is 12.1.